The van der Waals surface area contributed by atoms with Gasteiger partial charge >= 0.3 is 0 Å². The van der Waals surface area contributed by atoms with Crippen molar-refractivity contribution < 1.29 is 0 Å². The van der Waals surface area contributed by atoms with E-state index >= 15 is 0 Å². The second-order valence-corrected chi connectivity index (χ2v) is 7.38. The summed E-state index contributed by atoms with van der Waals surface area (Å²) in [4.78, 5) is 0. The van der Waals surface area contributed by atoms with Crippen LogP contribution in [0.5, 0.6) is 0 Å². The van der Waals surface area contributed by atoms with Gasteiger partial charge in [-0.2, -0.15) is 0 Å². The molecule has 2 atom stereocenters. The van der Waals surface area contributed by atoms with Crippen molar-refractivity contribution in [2.24, 2.45) is 5.92 Å². The van der Waals surface area contributed by atoms with Gasteiger partial charge in [-0.05, 0) is 52.1 Å². The predicted molar refractivity (Wildman–Crippen MR) is 105 cm³/mol. The van der Waals surface area contributed by atoms with E-state index in [9.17, 15) is 0 Å². The van der Waals surface area contributed by atoms with Crippen molar-refractivity contribution in [3.05, 3.63) is 112 Å². The molecule has 0 saturated heterocycles. The minimum absolute atomic E-state index is 0.485. The van der Waals surface area contributed by atoms with Crippen molar-refractivity contribution in [2.75, 3.05) is 0 Å². The summed E-state index contributed by atoms with van der Waals surface area (Å²) in [6, 6.07) is 29.0. The lowest BCUT2D eigenvalue weighted by Crippen LogP contribution is -2.27. The van der Waals surface area contributed by atoms with Crippen LogP contribution in [0.2, 0.25) is 0 Å². The van der Waals surface area contributed by atoms with E-state index in [1.54, 1.807) is 5.57 Å². The van der Waals surface area contributed by atoms with Gasteiger partial charge in [-0.25, -0.2) is 0 Å². The number of rotatable bonds is 1. The fourth-order valence-corrected chi connectivity index (χ4v) is 4.93. The number of hydrogen-bond donors (Lipinski definition) is 0. The molecule has 5 rings (SSSR count). The highest BCUT2D eigenvalue weighted by molar-refractivity contribution is 5.86. The second-order valence-electron chi connectivity index (χ2n) is 7.38. The normalized spacial score (nSPS) is 21.3. The fourth-order valence-electron chi connectivity index (χ4n) is 4.93. The summed E-state index contributed by atoms with van der Waals surface area (Å²) in [7, 11) is 0. The summed E-state index contributed by atoms with van der Waals surface area (Å²) in [6.45, 7) is 2.40. The second kappa shape index (κ2) is 5.74. The molecule has 122 valence electrons. The molecule has 0 N–H and O–H groups in total. The van der Waals surface area contributed by atoms with E-state index in [1.807, 2.05) is 0 Å². The van der Waals surface area contributed by atoms with Gasteiger partial charge in [-0.1, -0.05) is 91.4 Å². The van der Waals surface area contributed by atoms with Gasteiger partial charge in [-0.3, -0.25) is 0 Å². The number of benzene rings is 3. The lowest BCUT2D eigenvalue weighted by molar-refractivity contribution is 0.529. The van der Waals surface area contributed by atoms with Crippen LogP contribution in [0.3, 0.4) is 0 Å². The van der Waals surface area contributed by atoms with Crippen molar-refractivity contribution >= 4 is 5.57 Å². The van der Waals surface area contributed by atoms with E-state index in [4.69, 9.17) is 0 Å². The average molecular weight is 322 g/mol. The zero-order valence-corrected chi connectivity index (χ0v) is 14.6. The molecule has 25 heavy (non-hydrogen) atoms. The standard InChI is InChI=1S/C25H22/c1-17-22-13-7-5-11-19(22)15-21-16-20-12-6-8-14-23(20)25(24(17)21)18-9-3-2-4-10-18/h2-14,17,21H,15-16H2,1H3. The molecule has 0 heterocycles. The van der Waals surface area contributed by atoms with Crippen LogP contribution in [0, 0.1) is 5.92 Å². The number of hydrogen-bond acceptors (Lipinski definition) is 0. The SMILES string of the molecule is CC1C2=C(c3ccccc3)c3ccccc3CC2Cc2ccccc21. The molecule has 0 heteroatoms. The molecule has 0 aromatic heterocycles. The molecular formula is C25H22. The maximum absolute atomic E-state index is 2.40. The third kappa shape index (κ3) is 2.28. The van der Waals surface area contributed by atoms with E-state index in [0.29, 0.717) is 11.8 Å². The topological polar surface area (TPSA) is 0 Å². The van der Waals surface area contributed by atoms with Crippen LogP contribution >= 0.6 is 0 Å². The highest BCUT2D eigenvalue weighted by Crippen LogP contribution is 2.49. The highest BCUT2D eigenvalue weighted by atomic mass is 14.4. The molecule has 0 aliphatic heterocycles. The molecule has 2 aliphatic rings. The van der Waals surface area contributed by atoms with E-state index < -0.39 is 0 Å². The van der Waals surface area contributed by atoms with Gasteiger partial charge in [0.05, 0.1) is 0 Å². The molecule has 3 aromatic carbocycles. The van der Waals surface area contributed by atoms with Crippen LogP contribution in [0.15, 0.2) is 84.4 Å². The molecule has 0 bridgehead atoms. The molecule has 0 spiro atoms. The molecule has 0 amide bonds. The Morgan fingerprint density at radius 1 is 0.680 bits per heavy atom. The zero-order valence-electron chi connectivity index (χ0n) is 14.6. The molecule has 3 aromatic rings. The Kier molecular flexibility index (Phi) is 3.38. The summed E-state index contributed by atoms with van der Waals surface area (Å²) >= 11 is 0. The van der Waals surface area contributed by atoms with E-state index in [0.717, 1.165) is 0 Å². The molecule has 2 aliphatic carbocycles. The van der Waals surface area contributed by atoms with Gasteiger partial charge in [0.1, 0.15) is 0 Å². The first-order chi connectivity index (χ1) is 12.3. The van der Waals surface area contributed by atoms with Crippen LogP contribution in [-0.2, 0) is 12.8 Å². The van der Waals surface area contributed by atoms with Crippen molar-refractivity contribution in [3.8, 4) is 0 Å². The van der Waals surface area contributed by atoms with E-state index in [1.165, 1.54) is 46.2 Å². The lowest BCUT2D eigenvalue weighted by atomic mass is 9.65. The molecule has 0 radical (unpaired) electrons. The Balaban J connectivity index is 1.81. The minimum Gasteiger partial charge on any atom is -0.0622 e. The number of allylic oxidation sites excluding steroid dienone is 1. The van der Waals surface area contributed by atoms with Crippen LogP contribution in [-0.4, -0.2) is 0 Å². The highest BCUT2D eigenvalue weighted by Gasteiger charge is 2.35. The lowest BCUT2D eigenvalue weighted by Gasteiger charge is -2.39. The van der Waals surface area contributed by atoms with Crippen molar-refractivity contribution in [2.45, 2.75) is 25.7 Å². The largest absolute Gasteiger partial charge is 0.0622 e. The third-order valence-electron chi connectivity index (χ3n) is 6.00. The summed E-state index contributed by atoms with van der Waals surface area (Å²) in [5.74, 6) is 1.11. The maximum atomic E-state index is 2.40. The average Bonchev–Trinajstić information content (AvgIpc) is 2.67. The first-order valence-electron chi connectivity index (χ1n) is 9.28. The summed E-state index contributed by atoms with van der Waals surface area (Å²) < 4.78 is 0. The third-order valence-corrected chi connectivity index (χ3v) is 6.00. The van der Waals surface area contributed by atoms with Gasteiger partial charge < -0.3 is 0 Å². The molecule has 0 saturated carbocycles. The summed E-state index contributed by atoms with van der Waals surface area (Å²) in [6.07, 6.45) is 2.33. The Hall–Kier alpha value is -2.60. The Morgan fingerprint density at radius 3 is 2.16 bits per heavy atom. The van der Waals surface area contributed by atoms with Gasteiger partial charge in [0, 0.05) is 5.92 Å². The summed E-state index contributed by atoms with van der Waals surface area (Å²) in [5, 5.41) is 0. The zero-order chi connectivity index (χ0) is 16.8. The molecule has 2 unspecified atom stereocenters. The van der Waals surface area contributed by atoms with Crippen molar-refractivity contribution in [3.63, 3.8) is 0 Å². The Bertz CT molecular complexity index is 962. The predicted octanol–water partition coefficient (Wildman–Crippen LogP) is 6.02. The fraction of sp³-hybridized carbons (Fsp3) is 0.200. The van der Waals surface area contributed by atoms with E-state index in [2.05, 4.69) is 85.8 Å². The molecule has 0 fully saturated rings. The first kappa shape index (κ1) is 14.7. The van der Waals surface area contributed by atoms with Gasteiger partial charge in [0.2, 0.25) is 0 Å². The Labute approximate surface area is 149 Å². The van der Waals surface area contributed by atoms with Gasteiger partial charge in [0.25, 0.3) is 0 Å². The van der Waals surface area contributed by atoms with E-state index in [-0.39, 0.29) is 0 Å². The van der Waals surface area contributed by atoms with Gasteiger partial charge in [-0.15, -0.1) is 0 Å². The van der Waals surface area contributed by atoms with Crippen LogP contribution in [0.4, 0.5) is 0 Å². The number of fused-ring (bicyclic) bond motifs is 3. The minimum atomic E-state index is 0.485. The smallest absolute Gasteiger partial charge is 0.00350 e. The molecular weight excluding hydrogens is 300 g/mol. The van der Waals surface area contributed by atoms with Crippen molar-refractivity contribution in [1.82, 2.24) is 0 Å². The Morgan fingerprint density at radius 2 is 1.32 bits per heavy atom. The van der Waals surface area contributed by atoms with Gasteiger partial charge in [0.15, 0.2) is 0 Å². The van der Waals surface area contributed by atoms with Crippen molar-refractivity contribution in [1.29, 1.82) is 0 Å². The maximum Gasteiger partial charge on any atom is 0.00350 e. The van der Waals surface area contributed by atoms with Crippen LogP contribution in [0.1, 0.15) is 40.7 Å². The van der Waals surface area contributed by atoms with Crippen LogP contribution < -0.4 is 0 Å². The summed E-state index contributed by atoms with van der Waals surface area (Å²) in [5.41, 5.74) is 10.5. The first-order valence-corrected chi connectivity index (χ1v) is 9.28. The molecule has 0 nitrogen and oxygen atoms in total. The van der Waals surface area contributed by atoms with Crippen LogP contribution in [0.25, 0.3) is 5.57 Å². The quantitative estimate of drug-likeness (QED) is 0.514. The monoisotopic (exact) mass is 322 g/mol.